The van der Waals surface area contributed by atoms with Gasteiger partial charge in [-0.2, -0.15) is 13.2 Å². The van der Waals surface area contributed by atoms with E-state index in [-0.39, 0.29) is 6.04 Å². The highest BCUT2D eigenvalue weighted by molar-refractivity contribution is 5.80. The van der Waals surface area contributed by atoms with Crippen LogP contribution in [0, 0.1) is 5.41 Å². The molecule has 1 saturated carbocycles. The van der Waals surface area contributed by atoms with Crippen LogP contribution in [0.5, 0.6) is 0 Å². The van der Waals surface area contributed by atoms with E-state index >= 15 is 0 Å². The molecular formula is C16H27F3N4. The summed E-state index contributed by atoms with van der Waals surface area (Å²) in [5, 5.41) is 3.43. The molecule has 2 heterocycles. The highest BCUT2D eigenvalue weighted by Crippen LogP contribution is 2.47. The summed E-state index contributed by atoms with van der Waals surface area (Å²) in [5.74, 6) is 0.898. The van der Waals surface area contributed by atoms with E-state index in [4.69, 9.17) is 0 Å². The van der Waals surface area contributed by atoms with Gasteiger partial charge in [0.15, 0.2) is 5.96 Å². The number of nitrogens with zero attached hydrogens (tertiary/aromatic N) is 3. The molecule has 0 aromatic rings. The van der Waals surface area contributed by atoms with Gasteiger partial charge in [0.25, 0.3) is 0 Å². The molecule has 0 amide bonds. The van der Waals surface area contributed by atoms with E-state index in [0.29, 0.717) is 25.0 Å². The maximum absolute atomic E-state index is 12.5. The fraction of sp³-hybridized carbons (Fsp3) is 0.938. The van der Waals surface area contributed by atoms with Crippen LogP contribution in [0.25, 0.3) is 0 Å². The van der Waals surface area contributed by atoms with Crippen molar-refractivity contribution in [1.29, 1.82) is 0 Å². The summed E-state index contributed by atoms with van der Waals surface area (Å²) in [7, 11) is 0. The van der Waals surface area contributed by atoms with Crippen LogP contribution in [-0.2, 0) is 0 Å². The van der Waals surface area contributed by atoms with Crippen molar-refractivity contribution >= 4 is 5.96 Å². The molecule has 3 rings (SSSR count). The average Bonchev–Trinajstić information content (AvgIpc) is 3.02. The van der Waals surface area contributed by atoms with Gasteiger partial charge in [-0.15, -0.1) is 0 Å². The summed E-state index contributed by atoms with van der Waals surface area (Å²) < 4.78 is 37.5. The average molecular weight is 332 g/mol. The van der Waals surface area contributed by atoms with Crippen LogP contribution < -0.4 is 5.32 Å². The molecule has 132 valence electrons. The van der Waals surface area contributed by atoms with Gasteiger partial charge in [-0.05, 0) is 38.0 Å². The molecule has 0 bridgehead atoms. The van der Waals surface area contributed by atoms with Crippen LogP contribution in [0.4, 0.5) is 13.2 Å². The van der Waals surface area contributed by atoms with Crippen molar-refractivity contribution in [3.05, 3.63) is 0 Å². The second kappa shape index (κ2) is 6.49. The van der Waals surface area contributed by atoms with E-state index in [1.807, 2.05) is 6.92 Å². The smallest absolute Gasteiger partial charge is 0.352 e. The summed E-state index contributed by atoms with van der Waals surface area (Å²) >= 11 is 0. The number of halogens is 3. The zero-order valence-electron chi connectivity index (χ0n) is 13.8. The van der Waals surface area contributed by atoms with E-state index in [9.17, 15) is 13.2 Å². The van der Waals surface area contributed by atoms with Gasteiger partial charge >= 0.3 is 6.18 Å². The Hall–Kier alpha value is -0.980. The highest BCUT2D eigenvalue weighted by Gasteiger charge is 2.44. The van der Waals surface area contributed by atoms with Gasteiger partial charge < -0.3 is 10.2 Å². The lowest BCUT2D eigenvalue weighted by Crippen LogP contribution is -2.47. The van der Waals surface area contributed by atoms with Crippen LogP contribution in [0.2, 0.25) is 0 Å². The number of rotatable bonds is 3. The molecule has 3 fully saturated rings. The minimum Gasteiger partial charge on any atom is -0.352 e. The summed E-state index contributed by atoms with van der Waals surface area (Å²) in [6.45, 7) is 4.91. The monoisotopic (exact) mass is 332 g/mol. The molecule has 2 saturated heterocycles. The molecular weight excluding hydrogens is 305 g/mol. The minimum absolute atomic E-state index is 0.0700. The summed E-state index contributed by atoms with van der Waals surface area (Å²) in [6, 6.07) is 0.0700. The van der Waals surface area contributed by atoms with Crippen LogP contribution in [0.1, 0.15) is 39.0 Å². The van der Waals surface area contributed by atoms with Crippen molar-refractivity contribution in [3.63, 3.8) is 0 Å². The van der Waals surface area contributed by atoms with Gasteiger partial charge in [0.05, 0.1) is 6.54 Å². The van der Waals surface area contributed by atoms with Gasteiger partial charge in [0.2, 0.25) is 0 Å². The third-order valence-electron chi connectivity index (χ3n) is 5.47. The minimum atomic E-state index is -4.11. The largest absolute Gasteiger partial charge is 0.401 e. The Morgan fingerprint density at radius 2 is 2.04 bits per heavy atom. The number of hydrogen-bond acceptors (Lipinski definition) is 2. The zero-order valence-corrected chi connectivity index (χ0v) is 13.8. The number of hydrogen-bond donors (Lipinski definition) is 1. The van der Waals surface area contributed by atoms with Crippen molar-refractivity contribution in [2.75, 3.05) is 39.3 Å². The van der Waals surface area contributed by atoms with Crippen molar-refractivity contribution in [2.24, 2.45) is 10.4 Å². The Balaban J connectivity index is 1.53. The normalized spacial score (nSPS) is 28.4. The Bertz CT molecular complexity index is 445. The Labute approximate surface area is 136 Å². The first-order chi connectivity index (χ1) is 10.9. The molecule has 2 aliphatic heterocycles. The lowest BCUT2D eigenvalue weighted by Gasteiger charge is -2.38. The fourth-order valence-corrected chi connectivity index (χ4v) is 4.12. The molecule has 0 radical (unpaired) electrons. The third-order valence-corrected chi connectivity index (χ3v) is 5.47. The number of guanidine groups is 1. The topological polar surface area (TPSA) is 30.9 Å². The zero-order chi connectivity index (χ0) is 16.5. The molecule has 1 spiro atoms. The molecule has 23 heavy (non-hydrogen) atoms. The highest BCUT2D eigenvalue weighted by atomic mass is 19.4. The van der Waals surface area contributed by atoms with Crippen molar-refractivity contribution in [1.82, 2.24) is 15.1 Å². The number of likely N-dealkylation sites (tertiary alicyclic amines) is 2. The lowest BCUT2D eigenvalue weighted by atomic mass is 9.68. The molecule has 1 aliphatic carbocycles. The molecule has 0 aromatic carbocycles. The molecule has 1 atom stereocenters. The van der Waals surface area contributed by atoms with Crippen LogP contribution in [0.3, 0.4) is 0 Å². The first kappa shape index (κ1) is 16.9. The molecule has 3 aliphatic rings. The lowest BCUT2D eigenvalue weighted by molar-refractivity contribution is -0.143. The predicted molar refractivity (Wildman–Crippen MR) is 84.5 cm³/mol. The van der Waals surface area contributed by atoms with E-state index in [1.165, 1.54) is 30.6 Å². The predicted octanol–water partition coefficient (Wildman–Crippen LogP) is 2.46. The van der Waals surface area contributed by atoms with Crippen LogP contribution in [0.15, 0.2) is 4.99 Å². The first-order valence-electron chi connectivity index (χ1n) is 8.74. The number of nitrogens with one attached hydrogen (secondary N) is 1. The molecule has 7 heteroatoms. The number of alkyl halides is 3. The van der Waals surface area contributed by atoms with E-state index in [0.717, 1.165) is 25.5 Å². The number of aliphatic imine (C=N–C) groups is 1. The summed E-state index contributed by atoms with van der Waals surface area (Å²) in [4.78, 5) is 8.38. The van der Waals surface area contributed by atoms with E-state index in [2.05, 4.69) is 15.2 Å². The second-order valence-electron chi connectivity index (χ2n) is 7.30. The quantitative estimate of drug-likeness (QED) is 0.636. The van der Waals surface area contributed by atoms with Gasteiger partial charge in [-0.1, -0.05) is 6.42 Å². The van der Waals surface area contributed by atoms with Crippen LogP contribution in [-0.4, -0.2) is 67.2 Å². The maximum atomic E-state index is 12.5. The Kier molecular flexibility index (Phi) is 4.76. The molecule has 0 aromatic heterocycles. The summed E-state index contributed by atoms with van der Waals surface area (Å²) in [5.41, 5.74) is 0.494. The molecule has 4 nitrogen and oxygen atoms in total. The van der Waals surface area contributed by atoms with Gasteiger partial charge in [-0.25, -0.2) is 0 Å². The van der Waals surface area contributed by atoms with Gasteiger partial charge in [0.1, 0.15) is 0 Å². The third kappa shape index (κ3) is 4.11. The second-order valence-corrected chi connectivity index (χ2v) is 7.30. The van der Waals surface area contributed by atoms with Crippen molar-refractivity contribution in [2.45, 2.75) is 51.2 Å². The fourth-order valence-electron chi connectivity index (χ4n) is 4.12. The first-order valence-corrected chi connectivity index (χ1v) is 8.74. The Morgan fingerprint density at radius 3 is 2.61 bits per heavy atom. The SMILES string of the molecule is CCN=C(NC1CCN(CC(F)(F)F)C1)N1CCC2(CCC2)C1. The Morgan fingerprint density at radius 1 is 1.26 bits per heavy atom. The van der Waals surface area contributed by atoms with E-state index in [1.54, 1.807) is 0 Å². The standard InChI is InChI=1S/C16H27F3N4/c1-2-20-14(23-9-7-15(11-23)5-3-6-15)21-13-4-8-22(10-13)12-16(17,18)19/h13H,2-12H2,1H3,(H,20,21). The molecule has 1 unspecified atom stereocenters. The van der Waals surface area contributed by atoms with E-state index < -0.39 is 12.7 Å². The van der Waals surface area contributed by atoms with Crippen LogP contribution >= 0.6 is 0 Å². The summed E-state index contributed by atoms with van der Waals surface area (Å²) in [6.07, 6.45) is 1.81. The van der Waals surface area contributed by atoms with Crippen molar-refractivity contribution in [3.8, 4) is 0 Å². The maximum Gasteiger partial charge on any atom is 0.401 e. The molecule has 1 N–H and O–H groups in total. The van der Waals surface area contributed by atoms with Gasteiger partial charge in [0, 0.05) is 38.8 Å². The van der Waals surface area contributed by atoms with Gasteiger partial charge in [-0.3, -0.25) is 9.89 Å². The van der Waals surface area contributed by atoms with Crippen molar-refractivity contribution < 1.29 is 13.2 Å².